The minimum Gasteiger partial charge on any atom is -0.343 e. The molecule has 0 atom stereocenters. The first-order valence-corrected chi connectivity index (χ1v) is 3.56. The van der Waals surface area contributed by atoms with E-state index in [1.807, 2.05) is 0 Å². The van der Waals surface area contributed by atoms with Crippen molar-refractivity contribution in [2.45, 2.75) is 32.1 Å². The van der Waals surface area contributed by atoms with Gasteiger partial charge in [0, 0.05) is 0 Å². The quantitative estimate of drug-likeness (QED) is 0.300. The molecule has 0 N–H and O–H groups in total. The monoisotopic (exact) mass is 124 g/mol. The molecule has 0 aromatic carbocycles. The van der Waals surface area contributed by atoms with Crippen LogP contribution >= 0.6 is 0 Å². The van der Waals surface area contributed by atoms with Crippen molar-refractivity contribution in [2.24, 2.45) is 0 Å². The van der Waals surface area contributed by atoms with Crippen molar-refractivity contribution in [3.8, 4) is 0 Å². The third-order valence-corrected chi connectivity index (χ3v) is 1.38. The smallest absolute Gasteiger partial charge is 0.106 e. The van der Waals surface area contributed by atoms with Crippen molar-refractivity contribution in [3.05, 3.63) is 26.0 Å². The first-order chi connectivity index (χ1) is 4.31. The van der Waals surface area contributed by atoms with E-state index >= 15 is 0 Å². The topological polar surface area (TPSA) is 0 Å². The third-order valence-electron chi connectivity index (χ3n) is 1.38. The van der Waals surface area contributed by atoms with Crippen molar-refractivity contribution in [3.63, 3.8) is 0 Å². The first kappa shape index (κ1) is 8.61. The van der Waals surface area contributed by atoms with Gasteiger partial charge in [0.1, 0.15) is 6.42 Å². The molecule has 0 rings (SSSR count). The average Bonchev–Trinajstić information content (AvgIpc) is 1.89. The minimum absolute atomic E-state index is 0.886. The highest BCUT2D eigenvalue weighted by Crippen LogP contribution is 2.08. The predicted octanol–water partition coefficient (Wildman–Crippen LogP) is 3.16. The van der Waals surface area contributed by atoms with Crippen LogP contribution in [0.5, 0.6) is 0 Å². The van der Waals surface area contributed by atoms with Crippen molar-refractivity contribution < 1.29 is 0 Å². The molecule has 52 valence electrons. The molecule has 0 aliphatic rings. The van der Waals surface area contributed by atoms with Gasteiger partial charge in [0.25, 0.3) is 0 Å². The van der Waals surface area contributed by atoms with Gasteiger partial charge in [-0.2, -0.15) is 6.42 Å². The Morgan fingerprint density at radius 3 is 2.56 bits per heavy atom. The molecule has 0 aliphatic heterocycles. The van der Waals surface area contributed by atoms with E-state index in [0.29, 0.717) is 0 Å². The Kier molecular flexibility index (Phi) is 5.49. The SMILES string of the molecule is C=C(C[CH2+])CCCC[CH2-]. The van der Waals surface area contributed by atoms with E-state index in [9.17, 15) is 0 Å². The van der Waals surface area contributed by atoms with Gasteiger partial charge in [0.05, 0.1) is 6.92 Å². The maximum absolute atomic E-state index is 3.86. The largest absolute Gasteiger partial charge is 0.343 e. The van der Waals surface area contributed by atoms with Gasteiger partial charge in [-0.25, -0.2) is 0 Å². The Morgan fingerprint density at radius 1 is 1.44 bits per heavy atom. The summed E-state index contributed by atoms with van der Waals surface area (Å²) in [6.07, 6.45) is 5.53. The van der Waals surface area contributed by atoms with Crippen LogP contribution in [0.4, 0.5) is 0 Å². The molecule has 0 bridgehead atoms. The summed E-state index contributed by atoms with van der Waals surface area (Å²) in [5, 5.41) is 0. The molecule has 0 aliphatic carbocycles. The fourth-order valence-corrected chi connectivity index (χ4v) is 0.677. The van der Waals surface area contributed by atoms with E-state index in [-0.39, 0.29) is 0 Å². The maximum Gasteiger partial charge on any atom is 0.106 e. The highest BCUT2D eigenvalue weighted by molar-refractivity contribution is 4.94. The van der Waals surface area contributed by atoms with Crippen LogP contribution in [-0.4, -0.2) is 0 Å². The van der Waals surface area contributed by atoms with E-state index in [4.69, 9.17) is 0 Å². The summed E-state index contributed by atoms with van der Waals surface area (Å²) in [6, 6.07) is 0. The molecule has 0 aromatic heterocycles. The number of hydrogen-bond donors (Lipinski definition) is 0. The fraction of sp³-hybridized carbons (Fsp3) is 0.556. The van der Waals surface area contributed by atoms with Gasteiger partial charge >= 0.3 is 0 Å². The van der Waals surface area contributed by atoms with Crippen molar-refractivity contribution in [2.75, 3.05) is 0 Å². The minimum atomic E-state index is 0.886. The molecule has 0 amide bonds. The summed E-state index contributed by atoms with van der Waals surface area (Å²) < 4.78 is 0. The Balaban J connectivity index is 2.97. The Bertz CT molecular complexity index is 72.1. The van der Waals surface area contributed by atoms with Crippen molar-refractivity contribution in [1.29, 1.82) is 0 Å². The lowest BCUT2D eigenvalue weighted by Crippen LogP contribution is -1.79. The number of allylic oxidation sites excluding steroid dienone is 1. The molecule has 0 heteroatoms. The summed E-state index contributed by atoms with van der Waals surface area (Å²) >= 11 is 0. The van der Waals surface area contributed by atoms with E-state index in [1.165, 1.54) is 18.4 Å². The molecule has 9 heavy (non-hydrogen) atoms. The number of unbranched alkanes of at least 4 members (excludes halogenated alkanes) is 2. The lowest BCUT2D eigenvalue weighted by molar-refractivity contribution is 0.734. The van der Waals surface area contributed by atoms with Crippen LogP contribution in [0.1, 0.15) is 32.1 Å². The molecular weight excluding hydrogens is 108 g/mol. The Labute approximate surface area is 59.0 Å². The second-order valence-electron chi connectivity index (χ2n) is 2.31. The molecular formula is C9H16. The van der Waals surface area contributed by atoms with Crippen LogP contribution in [0.3, 0.4) is 0 Å². The van der Waals surface area contributed by atoms with Crippen LogP contribution < -0.4 is 0 Å². The standard InChI is InChI=1S/C9H16/c1-4-6-7-8-9(3)5-2/h1-8H2. The molecule has 0 nitrogen and oxygen atoms in total. The van der Waals surface area contributed by atoms with Gasteiger partial charge in [-0.1, -0.05) is 19.4 Å². The molecule has 0 saturated carbocycles. The van der Waals surface area contributed by atoms with Crippen LogP contribution in [0, 0.1) is 13.8 Å². The summed E-state index contributed by atoms with van der Waals surface area (Å²) in [4.78, 5) is 0. The van der Waals surface area contributed by atoms with E-state index in [2.05, 4.69) is 20.4 Å². The third kappa shape index (κ3) is 5.48. The first-order valence-electron chi connectivity index (χ1n) is 3.56. The lowest BCUT2D eigenvalue weighted by Gasteiger charge is -1.98. The molecule has 0 saturated heterocycles. The highest BCUT2D eigenvalue weighted by atomic mass is 13.9. The van der Waals surface area contributed by atoms with Crippen LogP contribution in [0.2, 0.25) is 0 Å². The predicted molar refractivity (Wildman–Crippen MR) is 42.9 cm³/mol. The highest BCUT2D eigenvalue weighted by Gasteiger charge is 1.91. The molecule has 0 heterocycles. The molecule has 0 fully saturated rings. The molecule has 0 spiro atoms. The number of rotatable bonds is 5. The Morgan fingerprint density at radius 2 is 2.11 bits per heavy atom. The average molecular weight is 124 g/mol. The van der Waals surface area contributed by atoms with E-state index < -0.39 is 0 Å². The fourth-order valence-electron chi connectivity index (χ4n) is 0.677. The summed E-state index contributed by atoms with van der Waals surface area (Å²) in [5.74, 6) is 0. The van der Waals surface area contributed by atoms with Crippen molar-refractivity contribution >= 4 is 0 Å². The van der Waals surface area contributed by atoms with Crippen molar-refractivity contribution in [1.82, 2.24) is 0 Å². The zero-order valence-electron chi connectivity index (χ0n) is 6.16. The van der Waals surface area contributed by atoms with E-state index in [0.717, 1.165) is 19.3 Å². The summed E-state index contributed by atoms with van der Waals surface area (Å²) in [7, 11) is 0. The van der Waals surface area contributed by atoms with Crippen LogP contribution in [0.25, 0.3) is 0 Å². The van der Waals surface area contributed by atoms with Crippen LogP contribution in [0.15, 0.2) is 12.2 Å². The molecule has 0 radical (unpaired) electrons. The van der Waals surface area contributed by atoms with E-state index in [1.54, 1.807) is 0 Å². The summed E-state index contributed by atoms with van der Waals surface area (Å²) in [5.41, 5.74) is 1.27. The van der Waals surface area contributed by atoms with Gasteiger partial charge in [-0.15, -0.1) is 0 Å². The summed E-state index contributed by atoms with van der Waals surface area (Å²) in [6.45, 7) is 11.4. The van der Waals surface area contributed by atoms with Gasteiger partial charge in [-0.3, -0.25) is 0 Å². The second kappa shape index (κ2) is 5.74. The zero-order chi connectivity index (χ0) is 7.11. The van der Waals surface area contributed by atoms with Crippen LogP contribution in [-0.2, 0) is 0 Å². The molecule has 0 aromatic rings. The number of hydrogen-bond acceptors (Lipinski definition) is 0. The normalized spacial score (nSPS) is 9.44. The van der Waals surface area contributed by atoms with Gasteiger partial charge in [0.2, 0.25) is 0 Å². The second-order valence-corrected chi connectivity index (χ2v) is 2.31. The maximum atomic E-state index is 3.86. The lowest BCUT2D eigenvalue weighted by atomic mass is 10.1. The molecule has 0 unspecified atom stereocenters. The van der Waals surface area contributed by atoms with Gasteiger partial charge < -0.3 is 6.92 Å². The van der Waals surface area contributed by atoms with Gasteiger partial charge in [-0.05, 0) is 12.0 Å². The zero-order valence-corrected chi connectivity index (χ0v) is 6.16. The van der Waals surface area contributed by atoms with Gasteiger partial charge in [0.15, 0.2) is 0 Å². The Hall–Kier alpha value is -0.390.